The smallest absolute Gasteiger partial charge is 0.267 e. The summed E-state index contributed by atoms with van der Waals surface area (Å²) in [4.78, 5) is 28.4. The van der Waals surface area contributed by atoms with Crippen molar-refractivity contribution in [2.45, 2.75) is 32.9 Å². The number of amides is 2. The van der Waals surface area contributed by atoms with Gasteiger partial charge in [0, 0.05) is 19.5 Å². The molecule has 0 bridgehead atoms. The number of hydrogen-bond acceptors (Lipinski definition) is 4. The van der Waals surface area contributed by atoms with Gasteiger partial charge in [-0.2, -0.15) is 0 Å². The highest BCUT2D eigenvalue weighted by molar-refractivity contribution is 6.00. The lowest BCUT2D eigenvalue weighted by Gasteiger charge is -2.33. The summed E-state index contributed by atoms with van der Waals surface area (Å²) in [5, 5.41) is 0. The van der Waals surface area contributed by atoms with E-state index in [1.165, 1.54) is 0 Å². The second-order valence-corrected chi connectivity index (χ2v) is 5.95. The van der Waals surface area contributed by atoms with Gasteiger partial charge < -0.3 is 19.0 Å². The lowest BCUT2D eigenvalue weighted by molar-refractivity contribution is -0.131. The van der Waals surface area contributed by atoms with Crippen LogP contribution in [0.2, 0.25) is 0 Å². The van der Waals surface area contributed by atoms with Gasteiger partial charge >= 0.3 is 0 Å². The van der Waals surface area contributed by atoms with Crippen LogP contribution in [0.5, 0.6) is 5.75 Å². The standard InChI is InChI=1S/C19H22N2O4/c1-3-20(13-15-7-6-12-24-15)18(22)10-11-21-16-8-4-5-9-17(16)25-14(2)19(21)23/h4-9,12,14H,3,10-11,13H2,1-2H3. The molecule has 25 heavy (non-hydrogen) atoms. The van der Waals surface area contributed by atoms with Crippen LogP contribution in [0.1, 0.15) is 26.0 Å². The first kappa shape index (κ1) is 17.1. The van der Waals surface area contributed by atoms with Crippen LogP contribution in [0.15, 0.2) is 47.1 Å². The molecule has 0 radical (unpaired) electrons. The maximum absolute atomic E-state index is 12.6. The molecule has 2 aromatic rings. The van der Waals surface area contributed by atoms with Crippen molar-refractivity contribution in [1.82, 2.24) is 4.90 Å². The predicted molar refractivity (Wildman–Crippen MR) is 93.3 cm³/mol. The largest absolute Gasteiger partial charge is 0.479 e. The lowest BCUT2D eigenvalue weighted by Crippen LogP contribution is -2.46. The van der Waals surface area contributed by atoms with Gasteiger partial charge in [0.05, 0.1) is 18.5 Å². The van der Waals surface area contributed by atoms with Crippen LogP contribution in [0.25, 0.3) is 0 Å². The molecule has 1 atom stereocenters. The molecule has 0 spiro atoms. The van der Waals surface area contributed by atoms with Crippen LogP contribution in [0.3, 0.4) is 0 Å². The summed E-state index contributed by atoms with van der Waals surface area (Å²) in [5.41, 5.74) is 0.715. The normalized spacial score (nSPS) is 16.3. The molecular formula is C19H22N2O4. The van der Waals surface area contributed by atoms with E-state index in [0.717, 1.165) is 5.76 Å². The van der Waals surface area contributed by atoms with Crippen molar-refractivity contribution in [3.05, 3.63) is 48.4 Å². The maximum Gasteiger partial charge on any atom is 0.267 e. The summed E-state index contributed by atoms with van der Waals surface area (Å²) in [6.07, 6.45) is 1.30. The van der Waals surface area contributed by atoms with Crippen LogP contribution >= 0.6 is 0 Å². The number of para-hydroxylation sites is 2. The number of fused-ring (bicyclic) bond motifs is 1. The summed E-state index contributed by atoms with van der Waals surface area (Å²) < 4.78 is 10.9. The van der Waals surface area contributed by atoms with Gasteiger partial charge in [-0.3, -0.25) is 9.59 Å². The number of hydrogen-bond donors (Lipinski definition) is 0. The molecule has 1 aromatic carbocycles. The van der Waals surface area contributed by atoms with Crippen molar-refractivity contribution < 1.29 is 18.7 Å². The lowest BCUT2D eigenvalue weighted by atomic mass is 10.1. The molecule has 3 rings (SSSR count). The van der Waals surface area contributed by atoms with Gasteiger partial charge in [0.15, 0.2) is 6.10 Å². The van der Waals surface area contributed by atoms with Crippen molar-refractivity contribution in [2.24, 2.45) is 0 Å². The Hall–Kier alpha value is -2.76. The molecule has 6 nitrogen and oxygen atoms in total. The number of carbonyl (C=O) groups is 2. The molecule has 0 saturated carbocycles. The first-order valence-electron chi connectivity index (χ1n) is 8.47. The zero-order chi connectivity index (χ0) is 17.8. The third-order valence-corrected chi connectivity index (χ3v) is 4.28. The fourth-order valence-electron chi connectivity index (χ4n) is 2.92. The zero-order valence-electron chi connectivity index (χ0n) is 14.5. The molecule has 1 aliphatic heterocycles. The third kappa shape index (κ3) is 3.68. The Labute approximate surface area is 147 Å². The summed E-state index contributed by atoms with van der Waals surface area (Å²) in [6.45, 7) is 5.01. The van der Waals surface area contributed by atoms with Gasteiger partial charge in [-0.25, -0.2) is 0 Å². The minimum Gasteiger partial charge on any atom is -0.479 e. The monoisotopic (exact) mass is 342 g/mol. The second-order valence-electron chi connectivity index (χ2n) is 5.95. The van der Waals surface area contributed by atoms with E-state index in [1.54, 1.807) is 29.1 Å². The van der Waals surface area contributed by atoms with Gasteiger partial charge in [0.25, 0.3) is 5.91 Å². The Morgan fingerprint density at radius 3 is 2.76 bits per heavy atom. The minimum atomic E-state index is -0.546. The van der Waals surface area contributed by atoms with Crippen LogP contribution in [0.4, 0.5) is 5.69 Å². The second kappa shape index (κ2) is 7.42. The number of rotatable bonds is 6. The highest BCUT2D eigenvalue weighted by atomic mass is 16.5. The summed E-state index contributed by atoms with van der Waals surface area (Å²) >= 11 is 0. The van der Waals surface area contributed by atoms with E-state index in [9.17, 15) is 9.59 Å². The van der Waals surface area contributed by atoms with E-state index >= 15 is 0 Å². The number of ether oxygens (including phenoxy) is 1. The number of benzene rings is 1. The van der Waals surface area contributed by atoms with Gasteiger partial charge in [-0.1, -0.05) is 12.1 Å². The first-order valence-corrected chi connectivity index (χ1v) is 8.47. The molecule has 0 saturated heterocycles. The highest BCUT2D eigenvalue weighted by Gasteiger charge is 2.31. The highest BCUT2D eigenvalue weighted by Crippen LogP contribution is 2.33. The number of furan rings is 1. The Kier molecular flexibility index (Phi) is 5.07. The average molecular weight is 342 g/mol. The minimum absolute atomic E-state index is 0.0108. The quantitative estimate of drug-likeness (QED) is 0.810. The van der Waals surface area contributed by atoms with Crippen molar-refractivity contribution in [3.63, 3.8) is 0 Å². The third-order valence-electron chi connectivity index (χ3n) is 4.28. The summed E-state index contributed by atoms with van der Waals surface area (Å²) in [7, 11) is 0. The molecule has 132 valence electrons. The fourth-order valence-corrected chi connectivity index (χ4v) is 2.92. The first-order chi connectivity index (χ1) is 12.1. The van der Waals surface area contributed by atoms with E-state index in [2.05, 4.69) is 0 Å². The number of anilines is 1. The molecule has 2 amide bonds. The average Bonchev–Trinajstić information content (AvgIpc) is 3.13. The van der Waals surface area contributed by atoms with Gasteiger partial charge in [0.1, 0.15) is 11.5 Å². The number of carbonyl (C=O) groups excluding carboxylic acids is 2. The van der Waals surface area contributed by atoms with Gasteiger partial charge in [-0.05, 0) is 38.1 Å². The molecule has 0 aliphatic carbocycles. The Bertz CT molecular complexity index is 742. The van der Waals surface area contributed by atoms with Crippen LogP contribution < -0.4 is 9.64 Å². The van der Waals surface area contributed by atoms with Crippen LogP contribution in [-0.2, 0) is 16.1 Å². The topological polar surface area (TPSA) is 63.0 Å². The van der Waals surface area contributed by atoms with Crippen molar-refractivity contribution in [2.75, 3.05) is 18.0 Å². The molecule has 1 aromatic heterocycles. The van der Waals surface area contributed by atoms with E-state index in [-0.39, 0.29) is 18.2 Å². The molecule has 1 aliphatic rings. The van der Waals surface area contributed by atoms with E-state index in [4.69, 9.17) is 9.15 Å². The molecule has 1 unspecified atom stereocenters. The Morgan fingerprint density at radius 2 is 2.04 bits per heavy atom. The van der Waals surface area contributed by atoms with E-state index in [0.29, 0.717) is 31.1 Å². The Balaban J connectivity index is 1.67. The van der Waals surface area contributed by atoms with Gasteiger partial charge in [-0.15, -0.1) is 0 Å². The van der Waals surface area contributed by atoms with E-state index < -0.39 is 6.10 Å². The SMILES string of the molecule is CCN(Cc1ccco1)C(=O)CCN1C(=O)C(C)Oc2ccccc21. The van der Waals surface area contributed by atoms with E-state index in [1.807, 2.05) is 37.3 Å². The van der Waals surface area contributed by atoms with Crippen molar-refractivity contribution in [1.29, 1.82) is 0 Å². The van der Waals surface area contributed by atoms with Crippen molar-refractivity contribution in [3.8, 4) is 5.75 Å². The zero-order valence-corrected chi connectivity index (χ0v) is 14.5. The van der Waals surface area contributed by atoms with Crippen molar-refractivity contribution >= 4 is 17.5 Å². The maximum atomic E-state index is 12.6. The van der Waals surface area contributed by atoms with Gasteiger partial charge in [0.2, 0.25) is 5.91 Å². The summed E-state index contributed by atoms with van der Waals surface area (Å²) in [5.74, 6) is 1.28. The Morgan fingerprint density at radius 1 is 1.24 bits per heavy atom. The predicted octanol–water partition coefficient (Wildman–Crippen LogP) is 2.83. The fraction of sp³-hybridized carbons (Fsp3) is 0.368. The molecule has 6 heteroatoms. The molecule has 0 fully saturated rings. The van der Waals surface area contributed by atoms with Crippen LogP contribution in [0, 0.1) is 0 Å². The number of nitrogens with zero attached hydrogens (tertiary/aromatic N) is 2. The summed E-state index contributed by atoms with van der Waals surface area (Å²) in [6, 6.07) is 11.0. The molecular weight excluding hydrogens is 320 g/mol. The molecule has 2 heterocycles. The van der Waals surface area contributed by atoms with Crippen LogP contribution in [-0.4, -0.2) is 35.9 Å². The molecule has 0 N–H and O–H groups in total.